The number of nitrogens with zero attached hydrogens (tertiary/aromatic N) is 4. The third-order valence-corrected chi connectivity index (χ3v) is 2.77. The van der Waals surface area contributed by atoms with E-state index >= 15 is 0 Å². The molecule has 0 N–H and O–H groups in total. The lowest BCUT2D eigenvalue weighted by molar-refractivity contribution is 0.111. The Balaban J connectivity index is 2.19. The van der Waals surface area contributed by atoms with Crippen molar-refractivity contribution in [3.05, 3.63) is 17.5 Å². The summed E-state index contributed by atoms with van der Waals surface area (Å²) in [5, 5.41) is 0. The topological polar surface area (TPSA) is 49.3 Å². The predicted octanol–water partition coefficient (Wildman–Crippen LogP) is 0.349. The summed E-state index contributed by atoms with van der Waals surface area (Å²) < 4.78 is 0. The summed E-state index contributed by atoms with van der Waals surface area (Å²) in [6, 6.07) is 1.70. The highest BCUT2D eigenvalue weighted by molar-refractivity contribution is 5.72. The molecular formula is C11H16N4O. The smallest absolute Gasteiger partial charge is 0.226 e. The van der Waals surface area contributed by atoms with Crippen molar-refractivity contribution in [2.24, 2.45) is 0 Å². The first-order valence-corrected chi connectivity index (χ1v) is 5.43. The number of hydrogen-bond donors (Lipinski definition) is 0. The number of aldehydes is 1. The van der Waals surface area contributed by atoms with Gasteiger partial charge in [0, 0.05) is 31.9 Å². The van der Waals surface area contributed by atoms with E-state index < -0.39 is 0 Å². The molecule has 1 aliphatic heterocycles. The number of hydrogen-bond acceptors (Lipinski definition) is 5. The van der Waals surface area contributed by atoms with Crippen molar-refractivity contribution < 1.29 is 4.79 Å². The SMILES string of the molecule is Cc1cc(C=O)nc(N2CCN(C)CC2)n1. The minimum atomic E-state index is 0.460. The molecule has 5 nitrogen and oxygen atoms in total. The van der Waals surface area contributed by atoms with Crippen molar-refractivity contribution in [2.75, 3.05) is 38.1 Å². The van der Waals surface area contributed by atoms with E-state index in [1.165, 1.54) is 0 Å². The van der Waals surface area contributed by atoms with Crippen LogP contribution in [0, 0.1) is 6.92 Å². The van der Waals surface area contributed by atoms with E-state index in [-0.39, 0.29) is 0 Å². The third kappa shape index (κ3) is 2.36. The van der Waals surface area contributed by atoms with Crippen molar-refractivity contribution in [1.82, 2.24) is 14.9 Å². The zero-order valence-corrected chi connectivity index (χ0v) is 9.68. The lowest BCUT2D eigenvalue weighted by Gasteiger charge is -2.32. The van der Waals surface area contributed by atoms with Crippen LogP contribution in [-0.4, -0.2) is 54.4 Å². The highest BCUT2D eigenvalue weighted by Gasteiger charge is 2.16. The second-order valence-corrected chi connectivity index (χ2v) is 4.14. The number of carbonyl (C=O) groups is 1. The van der Waals surface area contributed by atoms with Crippen LogP contribution >= 0.6 is 0 Å². The number of anilines is 1. The zero-order valence-electron chi connectivity index (χ0n) is 9.68. The first-order valence-electron chi connectivity index (χ1n) is 5.43. The molecule has 86 valence electrons. The molecule has 0 amide bonds. The minimum absolute atomic E-state index is 0.460. The number of aryl methyl sites for hydroxylation is 1. The Morgan fingerprint density at radius 3 is 2.56 bits per heavy atom. The van der Waals surface area contributed by atoms with Crippen LogP contribution in [0.25, 0.3) is 0 Å². The molecule has 0 spiro atoms. The summed E-state index contributed by atoms with van der Waals surface area (Å²) in [5.41, 5.74) is 1.30. The first kappa shape index (κ1) is 11.0. The van der Waals surface area contributed by atoms with Crippen molar-refractivity contribution in [3.8, 4) is 0 Å². The molecule has 2 heterocycles. The van der Waals surface area contributed by atoms with Crippen LogP contribution in [0.2, 0.25) is 0 Å². The predicted molar refractivity (Wildman–Crippen MR) is 61.9 cm³/mol. The molecule has 0 aliphatic carbocycles. The maximum atomic E-state index is 10.7. The van der Waals surface area contributed by atoms with E-state index in [1.807, 2.05) is 6.92 Å². The molecule has 16 heavy (non-hydrogen) atoms. The highest BCUT2D eigenvalue weighted by Crippen LogP contribution is 2.11. The Kier molecular flexibility index (Phi) is 3.14. The van der Waals surface area contributed by atoms with Crippen LogP contribution in [0.5, 0.6) is 0 Å². The molecule has 1 aliphatic rings. The number of piperazine rings is 1. The molecule has 1 saturated heterocycles. The van der Waals surface area contributed by atoms with Gasteiger partial charge in [-0.3, -0.25) is 4.79 Å². The van der Waals surface area contributed by atoms with Gasteiger partial charge in [0.1, 0.15) is 5.69 Å². The lowest BCUT2D eigenvalue weighted by Crippen LogP contribution is -2.45. The van der Waals surface area contributed by atoms with Gasteiger partial charge in [-0.05, 0) is 20.0 Å². The van der Waals surface area contributed by atoms with E-state index in [9.17, 15) is 4.79 Å². The summed E-state index contributed by atoms with van der Waals surface area (Å²) in [6.07, 6.45) is 0.772. The fourth-order valence-electron chi connectivity index (χ4n) is 1.79. The maximum absolute atomic E-state index is 10.7. The Hall–Kier alpha value is -1.49. The van der Waals surface area contributed by atoms with Gasteiger partial charge in [-0.25, -0.2) is 9.97 Å². The van der Waals surface area contributed by atoms with Crippen LogP contribution in [0.15, 0.2) is 6.07 Å². The molecule has 0 bridgehead atoms. The standard InChI is InChI=1S/C11H16N4O/c1-9-7-10(8-16)13-11(12-9)15-5-3-14(2)4-6-15/h7-8H,3-6H2,1-2H3. The zero-order chi connectivity index (χ0) is 11.5. The second-order valence-electron chi connectivity index (χ2n) is 4.14. The summed E-state index contributed by atoms with van der Waals surface area (Å²) in [7, 11) is 2.10. The molecule has 1 fully saturated rings. The normalized spacial score (nSPS) is 17.5. The number of aromatic nitrogens is 2. The number of likely N-dealkylation sites (N-methyl/N-ethyl adjacent to an activating group) is 1. The van der Waals surface area contributed by atoms with Crippen LogP contribution < -0.4 is 4.90 Å². The fourth-order valence-corrected chi connectivity index (χ4v) is 1.79. The molecule has 2 rings (SSSR count). The van der Waals surface area contributed by atoms with Crippen LogP contribution in [0.3, 0.4) is 0 Å². The van der Waals surface area contributed by atoms with E-state index in [0.29, 0.717) is 11.6 Å². The van der Waals surface area contributed by atoms with Gasteiger partial charge in [-0.2, -0.15) is 0 Å². The highest BCUT2D eigenvalue weighted by atomic mass is 16.1. The maximum Gasteiger partial charge on any atom is 0.226 e. The Bertz CT molecular complexity index is 386. The summed E-state index contributed by atoms with van der Waals surface area (Å²) in [4.78, 5) is 23.7. The minimum Gasteiger partial charge on any atom is -0.338 e. The number of rotatable bonds is 2. The van der Waals surface area contributed by atoms with Crippen molar-refractivity contribution >= 4 is 12.2 Å². The molecule has 0 atom stereocenters. The quantitative estimate of drug-likeness (QED) is 0.673. The Morgan fingerprint density at radius 2 is 1.94 bits per heavy atom. The number of carbonyl (C=O) groups excluding carboxylic acids is 1. The average Bonchev–Trinajstić information content (AvgIpc) is 2.29. The van der Waals surface area contributed by atoms with Gasteiger partial charge >= 0.3 is 0 Å². The summed E-state index contributed by atoms with van der Waals surface area (Å²) in [5.74, 6) is 0.676. The molecular weight excluding hydrogens is 204 g/mol. The van der Waals surface area contributed by atoms with Gasteiger partial charge in [-0.1, -0.05) is 0 Å². The van der Waals surface area contributed by atoms with E-state index in [0.717, 1.165) is 38.2 Å². The monoisotopic (exact) mass is 220 g/mol. The molecule has 0 radical (unpaired) electrons. The fraction of sp³-hybridized carbons (Fsp3) is 0.545. The molecule has 1 aromatic rings. The lowest BCUT2D eigenvalue weighted by atomic mass is 10.3. The molecule has 0 unspecified atom stereocenters. The third-order valence-electron chi connectivity index (χ3n) is 2.77. The molecule has 1 aromatic heterocycles. The largest absolute Gasteiger partial charge is 0.338 e. The molecule has 0 aromatic carbocycles. The second kappa shape index (κ2) is 4.57. The summed E-state index contributed by atoms with van der Waals surface area (Å²) in [6.45, 7) is 5.73. The van der Waals surface area contributed by atoms with E-state index in [1.54, 1.807) is 6.07 Å². The Labute approximate surface area is 95.1 Å². The van der Waals surface area contributed by atoms with Gasteiger partial charge in [0.15, 0.2) is 6.29 Å². The van der Waals surface area contributed by atoms with E-state index in [4.69, 9.17) is 0 Å². The van der Waals surface area contributed by atoms with Crippen LogP contribution in [-0.2, 0) is 0 Å². The van der Waals surface area contributed by atoms with Crippen LogP contribution in [0.1, 0.15) is 16.2 Å². The van der Waals surface area contributed by atoms with E-state index in [2.05, 4.69) is 26.8 Å². The van der Waals surface area contributed by atoms with Crippen molar-refractivity contribution in [2.45, 2.75) is 6.92 Å². The van der Waals surface area contributed by atoms with Gasteiger partial charge in [-0.15, -0.1) is 0 Å². The van der Waals surface area contributed by atoms with Gasteiger partial charge in [0.2, 0.25) is 5.95 Å². The average molecular weight is 220 g/mol. The molecule has 0 saturated carbocycles. The van der Waals surface area contributed by atoms with Crippen molar-refractivity contribution in [1.29, 1.82) is 0 Å². The summed E-state index contributed by atoms with van der Waals surface area (Å²) >= 11 is 0. The molecule has 5 heteroatoms. The van der Waals surface area contributed by atoms with Crippen LogP contribution in [0.4, 0.5) is 5.95 Å². The van der Waals surface area contributed by atoms with Gasteiger partial charge in [0.25, 0.3) is 0 Å². The Morgan fingerprint density at radius 1 is 1.25 bits per heavy atom. The van der Waals surface area contributed by atoms with Gasteiger partial charge < -0.3 is 9.80 Å². The first-order chi connectivity index (χ1) is 7.69. The van der Waals surface area contributed by atoms with Crippen molar-refractivity contribution in [3.63, 3.8) is 0 Å². The van der Waals surface area contributed by atoms with Gasteiger partial charge in [0.05, 0.1) is 0 Å².